The monoisotopic (exact) mass is 192 g/mol. The smallest absolute Gasteiger partial charge is 0.0375 e. The van der Waals surface area contributed by atoms with Crippen molar-refractivity contribution in [2.45, 2.75) is 44.2 Å². The molecule has 0 aromatic rings. The summed E-state index contributed by atoms with van der Waals surface area (Å²) in [6, 6.07) is 0.777. The molecule has 76 valence electrons. The summed E-state index contributed by atoms with van der Waals surface area (Å²) >= 11 is 0. The molecule has 0 saturated heterocycles. The van der Waals surface area contributed by atoms with Crippen molar-refractivity contribution in [3.63, 3.8) is 0 Å². The summed E-state index contributed by atoms with van der Waals surface area (Å²) in [6.07, 6.45) is 10.1. The van der Waals surface area contributed by atoms with E-state index in [1.165, 1.54) is 0 Å². The van der Waals surface area contributed by atoms with E-state index < -0.39 is 0 Å². The maximum atomic E-state index is 8.28. The standard InChI is InChI=1S/C10H16N4/c1-2-3-8-12-9-4-6-10(7-5-9)13-14-11/h1,9-10,12H,3-8H2. The van der Waals surface area contributed by atoms with Gasteiger partial charge in [-0.15, -0.1) is 12.3 Å². The van der Waals surface area contributed by atoms with Crippen molar-refractivity contribution < 1.29 is 0 Å². The highest BCUT2D eigenvalue weighted by Crippen LogP contribution is 2.21. The average Bonchev–Trinajstić information content (AvgIpc) is 2.21. The summed E-state index contributed by atoms with van der Waals surface area (Å²) in [7, 11) is 0. The van der Waals surface area contributed by atoms with Crippen molar-refractivity contribution in [2.24, 2.45) is 5.11 Å². The molecule has 4 nitrogen and oxygen atoms in total. The van der Waals surface area contributed by atoms with E-state index >= 15 is 0 Å². The number of rotatable bonds is 4. The first-order valence-corrected chi connectivity index (χ1v) is 5.08. The van der Waals surface area contributed by atoms with Crippen LogP contribution in [0.4, 0.5) is 0 Å². The number of nitrogens with zero attached hydrogens (tertiary/aromatic N) is 3. The van der Waals surface area contributed by atoms with Crippen LogP contribution < -0.4 is 5.32 Å². The van der Waals surface area contributed by atoms with Crippen molar-refractivity contribution in [3.8, 4) is 12.3 Å². The van der Waals surface area contributed by atoms with Gasteiger partial charge in [-0.25, -0.2) is 0 Å². The van der Waals surface area contributed by atoms with Gasteiger partial charge in [-0.1, -0.05) is 5.11 Å². The number of azide groups is 1. The highest BCUT2D eigenvalue weighted by atomic mass is 15.1. The van der Waals surface area contributed by atoms with Crippen molar-refractivity contribution in [3.05, 3.63) is 10.4 Å². The van der Waals surface area contributed by atoms with Gasteiger partial charge in [-0.3, -0.25) is 0 Å². The number of hydrogen-bond donors (Lipinski definition) is 1. The van der Waals surface area contributed by atoms with Crippen LogP contribution in [0.2, 0.25) is 0 Å². The molecule has 1 fully saturated rings. The van der Waals surface area contributed by atoms with E-state index in [0.29, 0.717) is 6.04 Å². The molecule has 0 radical (unpaired) electrons. The van der Waals surface area contributed by atoms with E-state index in [9.17, 15) is 0 Å². The summed E-state index contributed by atoms with van der Waals surface area (Å²) in [5, 5.41) is 7.14. The Bertz CT molecular complexity index is 241. The van der Waals surface area contributed by atoms with Gasteiger partial charge in [0.25, 0.3) is 0 Å². The van der Waals surface area contributed by atoms with Crippen LogP contribution in [0.25, 0.3) is 10.4 Å². The molecule has 1 rings (SSSR count). The van der Waals surface area contributed by atoms with E-state index in [1.807, 2.05) is 0 Å². The number of terminal acetylenes is 1. The topological polar surface area (TPSA) is 60.8 Å². The van der Waals surface area contributed by atoms with E-state index in [2.05, 4.69) is 21.3 Å². The quantitative estimate of drug-likeness (QED) is 0.240. The second-order valence-corrected chi connectivity index (χ2v) is 3.62. The Morgan fingerprint density at radius 1 is 1.43 bits per heavy atom. The van der Waals surface area contributed by atoms with Crippen LogP contribution in [0, 0.1) is 12.3 Å². The fraction of sp³-hybridized carbons (Fsp3) is 0.800. The first-order valence-electron chi connectivity index (χ1n) is 5.08. The Kier molecular flexibility index (Phi) is 4.92. The molecule has 4 heteroatoms. The van der Waals surface area contributed by atoms with Gasteiger partial charge in [-0.2, -0.15) is 0 Å². The first-order chi connectivity index (χ1) is 6.86. The fourth-order valence-corrected chi connectivity index (χ4v) is 1.82. The van der Waals surface area contributed by atoms with Crippen LogP contribution in [-0.2, 0) is 0 Å². The molecule has 14 heavy (non-hydrogen) atoms. The van der Waals surface area contributed by atoms with E-state index in [1.54, 1.807) is 0 Å². The van der Waals surface area contributed by atoms with Crippen LogP contribution in [0.15, 0.2) is 5.11 Å². The lowest BCUT2D eigenvalue weighted by Crippen LogP contribution is -2.34. The lowest BCUT2D eigenvalue weighted by molar-refractivity contribution is 0.345. The Morgan fingerprint density at radius 2 is 2.14 bits per heavy atom. The Hall–Kier alpha value is -1.17. The minimum absolute atomic E-state index is 0.214. The van der Waals surface area contributed by atoms with Crippen molar-refractivity contribution in [1.29, 1.82) is 0 Å². The summed E-state index contributed by atoms with van der Waals surface area (Å²) in [6.45, 7) is 0.896. The molecule has 0 aromatic heterocycles. The second kappa shape index (κ2) is 6.31. The van der Waals surface area contributed by atoms with E-state index in [-0.39, 0.29) is 6.04 Å². The Morgan fingerprint density at radius 3 is 2.71 bits per heavy atom. The molecule has 1 N–H and O–H groups in total. The lowest BCUT2D eigenvalue weighted by atomic mass is 9.92. The first kappa shape index (κ1) is 10.9. The van der Waals surface area contributed by atoms with Crippen molar-refractivity contribution in [1.82, 2.24) is 5.32 Å². The van der Waals surface area contributed by atoms with Gasteiger partial charge in [0.2, 0.25) is 0 Å². The third kappa shape index (κ3) is 3.69. The summed E-state index contributed by atoms with van der Waals surface area (Å²) < 4.78 is 0. The maximum Gasteiger partial charge on any atom is 0.0375 e. The molecule has 0 aliphatic heterocycles. The molecule has 0 aromatic carbocycles. The van der Waals surface area contributed by atoms with Gasteiger partial charge in [0.1, 0.15) is 0 Å². The molecule has 1 saturated carbocycles. The maximum absolute atomic E-state index is 8.28. The van der Waals surface area contributed by atoms with Gasteiger partial charge >= 0.3 is 0 Å². The van der Waals surface area contributed by atoms with E-state index in [4.69, 9.17) is 12.0 Å². The largest absolute Gasteiger partial charge is 0.313 e. The summed E-state index contributed by atoms with van der Waals surface area (Å²) in [5.74, 6) is 2.61. The molecule has 1 aliphatic rings. The highest BCUT2D eigenvalue weighted by Gasteiger charge is 2.19. The molecule has 0 unspecified atom stereocenters. The summed E-state index contributed by atoms with van der Waals surface area (Å²) in [4.78, 5) is 2.84. The van der Waals surface area contributed by atoms with Crippen LogP contribution in [0.1, 0.15) is 32.1 Å². The Balaban J connectivity index is 2.16. The molecule has 0 spiro atoms. The normalized spacial score (nSPS) is 26.2. The highest BCUT2D eigenvalue weighted by molar-refractivity contribution is 4.86. The number of hydrogen-bond acceptors (Lipinski definition) is 2. The van der Waals surface area contributed by atoms with E-state index in [0.717, 1.165) is 38.6 Å². The zero-order valence-electron chi connectivity index (χ0n) is 8.32. The predicted octanol–water partition coefficient (Wildman–Crippen LogP) is 2.22. The third-order valence-electron chi connectivity index (χ3n) is 2.61. The van der Waals surface area contributed by atoms with Gasteiger partial charge < -0.3 is 5.32 Å². The fourth-order valence-electron chi connectivity index (χ4n) is 1.82. The van der Waals surface area contributed by atoms with Gasteiger partial charge in [0.15, 0.2) is 0 Å². The van der Waals surface area contributed by atoms with Crippen LogP contribution in [0.5, 0.6) is 0 Å². The zero-order chi connectivity index (χ0) is 10.2. The third-order valence-corrected chi connectivity index (χ3v) is 2.61. The molecule has 0 atom stereocenters. The minimum Gasteiger partial charge on any atom is -0.313 e. The molecule has 0 bridgehead atoms. The minimum atomic E-state index is 0.214. The molecular formula is C10H16N4. The zero-order valence-corrected chi connectivity index (χ0v) is 8.32. The van der Waals surface area contributed by atoms with Crippen molar-refractivity contribution in [2.75, 3.05) is 6.54 Å². The van der Waals surface area contributed by atoms with Gasteiger partial charge in [0, 0.05) is 30.0 Å². The Labute approximate surface area is 84.7 Å². The molecule has 1 aliphatic carbocycles. The molecular weight excluding hydrogens is 176 g/mol. The summed E-state index contributed by atoms with van der Waals surface area (Å²) in [5.41, 5.74) is 8.28. The second-order valence-electron chi connectivity index (χ2n) is 3.62. The van der Waals surface area contributed by atoms with Crippen LogP contribution in [-0.4, -0.2) is 18.6 Å². The van der Waals surface area contributed by atoms with Crippen molar-refractivity contribution >= 4 is 0 Å². The van der Waals surface area contributed by atoms with Gasteiger partial charge in [0.05, 0.1) is 0 Å². The van der Waals surface area contributed by atoms with Crippen LogP contribution in [0.3, 0.4) is 0 Å². The van der Waals surface area contributed by atoms with Gasteiger partial charge in [-0.05, 0) is 31.2 Å². The van der Waals surface area contributed by atoms with Crippen LogP contribution >= 0.6 is 0 Å². The predicted molar refractivity (Wildman–Crippen MR) is 56.6 cm³/mol. The average molecular weight is 192 g/mol. The lowest BCUT2D eigenvalue weighted by Gasteiger charge is -2.26. The molecule has 0 amide bonds. The molecule has 0 heterocycles. The number of nitrogens with one attached hydrogen (secondary N) is 1. The SMILES string of the molecule is C#CCCNC1CCC(N=[N+]=[N-])CC1.